The molecule has 0 radical (unpaired) electrons. The van der Waals surface area contributed by atoms with Crippen LogP contribution in [0.2, 0.25) is 0 Å². The van der Waals surface area contributed by atoms with Crippen LogP contribution in [-0.4, -0.2) is 52.8 Å². The summed E-state index contributed by atoms with van der Waals surface area (Å²) in [5.41, 5.74) is 0.393. The Labute approximate surface area is 170 Å². The molecule has 1 aliphatic heterocycles. The number of carbonyl (C=O) groups excluding carboxylic acids is 2. The van der Waals surface area contributed by atoms with E-state index in [4.69, 9.17) is 4.74 Å². The van der Waals surface area contributed by atoms with Crippen LogP contribution in [0.3, 0.4) is 0 Å². The van der Waals surface area contributed by atoms with E-state index >= 15 is 0 Å². The van der Waals surface area contributed by atoms with Crippen LogP contribution >= 0.6 is 0 Å². The first-order chi connectivity index (χ1) is 13.8. The van der Waals surface area contributed by atoms with Gasteiger partial charge >= 0.3 is 0 Å². The number of nitrogens with zero attached hydrogens (tertiary/aromatic N) is 2. The van der Waals surface area contributed by atoms with Crippen molar-refractivity contribution in [1.82, 2.24) is 14.8 Å². The van der Waals surface area contributed by atoms with Gasteiger partial charge in [0.25, 0.3) is 5.91 Å². The molecule has 29 heavy (non-hydrogen) atoms. The fourth-order valence-corrected chi connectivity index (χ4v) is 3.19. The maximum absolute atomic E-state index is 12.7. The molecular formula is C22H27N3O4. The Morgan fingerprint density at radius 3 is 2.24 bits per heavy atom. The first kappa shape index (κ1) is 20.6. The molecule has 1 aromatic heterocycles. The lowest BCUT2D eigenvalue weighted by atomic mass is 9.94. The molecule has 2 heterocycles. The predicted molar refractivity (Wildman–Crippen MR) is 110 cm³/mol. The van der Waals surface area contributed by atoms with Crippen molar-refractivity contribution in [2.75, 3.05) is 26.2 Å². The molecule has 2 aromatic rings. The zero-order valence-electron chi connectivity index (χ0n) is 17.1. The first-order valence-corrected chi connectivity index (χ1v) is 9.74. The Kier molecular flexibility index (Phi) is 6.06. The first-order valence-electron chi connectivity index (χ1n) is 9.74. The Hall–Kier alpha value is -3.09. The lowest BCUT2D eigenvalue weighted by Crippen LogP contribution is -2.53. The van der Waals surface area contributed by atoms with Crippen molar-refractivity contribution in [2.24, 2.45) is 5.41 Å². The van der Waals surface area contributed by atoms with Gasteiger partial charge in [0.05, 0.1) is 0 Å². The van der Waals surface area contributed by atoms with Crippen molar-refractivity contribution in [3.8, 4) is 5.75 Å². The number of benzene rings is 1. The van der Waals surface area contributed by atoms with E-state index in [-0.39, 0.29) is 35.3 Å². The van der Waals surface area contributed by atoms with Crippen LogP contribution in [0.1, 0.15) is 36.8 Å². The maximum atomic E-state index is 12.7. The van der Waals surface area contributed by atoms with E-state index in [1.54, 1.807) is 9.80 Å². The summed E-state index contributed by atoms with van der Waals surface area (Å²) in [4.78, 5) is 43.7. The van der Waals surface area contributed by atoms with Crippen molar-refractivity contribution in [1.29, 1.82) is 0 Å². The number of rotatable bonds is 4. The van der Waals surface area contributed by atoms with Crippen LogP contribution in [0.4, 0.5) is 0 Å². The molecule has 1 aromatic carbocycles. The molecule has 0 atom stereocenters. The summed E-state index contributed by atoms with van der Waals surface area (Å²) >= 11 is 0. The number of nitrogens with one attached hydrogen (secondary N) is 1. The quantitative estimate of drug-likeness (QED) is 0.858. The second-order valence-corrected chi connectivity index (χ2v) is 8.18. The highest BCUT2D eigenvalue weighted by molar-refractivity contribution is 5.92. The van der Waals surface area contributed by atoms with E-state index in [0.29, 0.717) is 26.2 Å². The number of hydrogen-bond acceptors (Lipinski definition) is 4. The molecule has 1 fully saturated rings. The van der Waals surface area contributed by atoms with E-state index in [2.05, 4.69) is 4.98 Å². The number of hydrogen-bond donors (Lipinski definition) is 1. The number of aromatic nitrogens is 1. The van der Waals surface area contributed by atoms with Crippen molar-refractivity contribution < 1.29 is 14.3 Å². The third-order valence-corrected chi connectivity index (χ3v) is 4.84. The number of aromatic amines is 1. The lowest BCUT2D eigenvalue weighted by Gasteiger charge is -2.37. The van der Waals surface area contributed by atoms with Crippen LogP contribution in [0, 0.1) is 5.41 Å². The molecule has 1 saturated heterocycles. The largest absolute Gasteiger partial charge is 0.483 e. The number of carbonyl (C=O) groups is 2. The normalized spacial score (nSPS) is 14.6. The van der Waals surface area contributed by atoms with Crippen LogP contribution < -0.4 is 10.2 Å². The summed E-state index contributed by atoms with van der Waals surface area (Å²) in [6.07, 6.45) is 1.43. The fraction of sp³-hybridized carbons (Fsp3) is 0.409. The number of H-pyrrole nitrogens is 1. The second-order valence-electron chi connectivity index (χ2n) is 8.18. The van der Waals surface area contributed by atoms with E-state index in [0.717, 1.165) is 5.56 Å². The summed E-state index contributed by atoms with van der Waals surface area (Å²) in [7, 11) is 0. The third-order valence-electron chi connectivity index (χ3n) is 4.84. The van der Waals surface area contributed by atoms with Crippen LogP contribution in [0.25, 0.3) is 0 Å². The van der Waals surface area contributed by atoms with E-state index in [1.807, 2.05) is 51.1 Å². The second kappa shape index (κ2) is 8.51. The van der Waals surface area contributed by atoms with Crippen LogP contribution in [0.5, 0.6) is 5.75 Å². The van der Waals surface area contributed by atoms with Gasteiger partial charge in [-0.05, 0) is 5.56 Å². The summed E-state index contributed by atoms with van der Waals surface area (Å²) in [6, 6.07) is 10.8. The molecule has 154 valence electrons. The fourth-order valence-electron chi connectivity index (χ4n) is 3.19. The molecule has 3 rings (SSSR count). The molecule has 1 N–H and O–H groups in total. The Morgan fingerprint density at radius 2 is 1.66 bits per heavy atom. The summed E-state index contributed by atoms with van der Waals surface area (Å²) in [5.74, 6) is 0.00323. The van der Waals surface area contributed by atoms with Gasteiger partial charge in [0.1, 0.15) is 12.3 Å². The van der Waals surface area contributed by atoms with E-state index in [9.17, 15) is 14.4 Å². The minimum atomic E-state index is -0.438. The summed E-state index contributed by atoms with van der Waals surface area (Å²) in [5, 5.41) is 0. The molecule has 0 aliphatic carbocycles. The van der Waals surface area contributed by atoms with Crippen molar-refractivity contribution in [3.63, 3.8) is 0 Å². The maximum Gasteiger partial charge on any atom is 0.270 e. The summed E-state index contributed by atoms with van der Waals surface area (Å²) in [6.45, 7) is 7.80. The number of piperazine rings is 1. The summed E-state index contributed by atoms with van der Waals surface area (Å²) < 4.78 is 5.56. The molecule has 0 unspecified atom stereocenters. The molecule has 0 saturated carbocycles. The molecule has 1 aliphatic rings. The van der Waals surface area contributed by atoms with Gasteiger partial charge in [-0.1, -0.05) is 51.1 Å². The Morgan fingerprint density at radius 1 is 1.03 bits per heavy atom. The average Bonchev–Trinajstić information content (AvgIpc) is 2.72. The van der Waals surface area contributed by atoms with Crippen LogP contribution in [0.15, 0.2) is 47.4 Å². The highest BCUT2D eigenvalue weighted by atomic mass is 16.5. The Bertz CT molecular complexity index is 923. The monoisotopic (exact) mass is 397 g/mol. The number of ether oxygens (including phenoxy) is 1. The predicted octanol–water partition coefficient (Wildman–Crippen LogP) is 2.28. The van der Waals surface area contributed by atoms with Gasteiger partial charge in [-0.3, -0.25) is 14.4 Å². The Balaban J connectivity index is 1.60. The van der Waals surface area contributed by atoms with Gasteiger partial charge < -0.3 is 19.5 Å². The van der Waals surface area contributed by atoms with E-state index in [1.165, 1.54) is 12.3 Å². The van der Waals surface area contributed by atoms with Gasteiger partial charge in [0, 0.05) is 43.9 Å². The molecule has 7 heteroatoms. The number of pyridine rings is 1. The smallest absolute Gasteiger partial charge is 0.270 e. The molecule has 0 spiro atoms. The molecule has 0 bridgehead atoms. The van der Waals surface area contributed by atoms with E-state index < -0.39 is 5.41 Å². The zero-order valence-corrected chi connectivity index (χ0v) is 17.1. The van der Waals surface area contributed by atoms with Gasteiger partial charge in [-0.2, -0.15) is 0 Å². The lowest BCUT2D eigenvalue weighted by molar-refractivity contribution is -0.140. The van der Waals surface area contributed by atoms with Gasteiger partial charge in [0.2, 0.25) is 11.3 Å². The molecular weight excluding hydrogens is 370 g/mol. The molecule has 7 nitrogen and oxygen atoms in total. The highest BCUT2D eigenvalue weighted by Gasteiger charge is 2.31. The third kappa shape index (κ3) is 5.04. The van der Waals surface area contributed by atoms with Crippen molar-refractivity contribution >= 4 is 11.8 Å². The van der Waals surface area contributed by atoms with Crippen LogP contribution in [-0.2, 0) is 11.4 Å². The highest BCUT2D eigenvalue weighted by Crippen LogP contribution is 2.19. The SMILES string of the molecule is CC(C)(C)C(=O)N1CCN(C(=O)c2cc(=O)c(OCc3ccccc3)c[nH]2)CC1. The van der Waals surface area contributed by atoms with Crippen molar-refractivity contribution in [2.45, 2.75) is 27.4 Å². The zero-order chi connectivity index (χ0) is 21.0. The molecule has 2 amide bonds. The average molecular weight is 397 g/mol. The van der Waals surface area contributed by atoms with Gasteiger partial charge in [0.15, 0.2) is 5.75 Å². The minimum Gasteiger partial charge on any atom is -0.483 e. The standard InChI is InChI=1S/C22H27N3O4/c1-22(2,3)21(28)25-11-9-24(10-12-25)20(27)17-13-18(26)19(14-23-17)29-15-16-7-5-4-6-8-16/h4-8,13-14H,9-12,15H2,1-3H3,(H,23,26). The van der Waals surface area contributed by atoms with Crippen molar-refractivity contribution in [3.05, 3.63) is 64.1 Å². The van der Waals surface area contributed by atoms with Gasteiger partial charge in [-0.15, -0.1) is 0 Å². The topological polar surface area (TPSA) is 82.7 Å². The minimum absolute atomic E-state index is 0.0814. The van der Waals surface area contributed by atoms with Gasteiger partial charge in [-0.25, -0.2) is 0 Å². The number of amides is 2.